The number of anilines is 2. The number of nitrogens with one attached hydrogen (secondary N) is 1. The van der Waals surface area contributed by atoms with Gasteiger partial charge in [-0.25, -0.2) is 4.98 Å². The summed E-state index contributed by atoms with van der Waals surface area (Å²) in [7, 11) is 0. The molecule has 0 bridgehead atoms. The van der Waals surface area contributed by atoms with Crippen molar-refractivity contribution in [1.29, 1.82) is 0 Å². The zero-order chi connectivity index (χ0) is 19.4. The fraction of sp³-hybridized carbons (Fsp3) is 0.136. The van der Waals surface area contributed by atoms with E-state index in [1.54, 1.807) is 6.20 Å². The quantitative estimate of drug-likeness (QED) is 0.635. The standard InChI is InChI=1S/C22H22N4O/c1-14(2)17-8-10-21(25-13-17)26-20-9-7-16(15(3)22(23)27)12-18(20)19-6-4-5-11-24-19/h4-14H,3H2,1-2H3,(H2,23,27)(H,25,26). The molecule has 0 aliphatic heterocycles. The third-order valence-electron chi connectivity index (χ3n) is 4.32. The molecule has 0 spiro atoms. The van der Waals surface area contributed by atoms with Crippen molar-refractivity contribution < 1.29 is 4.79 Å². The van der Waals surface area contributed by atoms with Gasteiger partial charge in [-0.3, -0.25) is 9.78 Å². The summed E-state index contributed by atoms with van der Waals surface area (Å²) in [5.74, 6) is 0.612. The summed E-state index contributed by atoms with van der Waals surface area (Å²) in [5.41, 5.74) is 9.93. The highest BCUT2D eigenvalue weighted by molar-refractivity contribution is 6.18. The average Bonchev–Trinajstić information content (AvgIpc) is 2.68. The number of rotatable bonds is 6. The molecule has 2 heterocycles. The topological polar surface area (TPSA) is 80.9 Å². The second-order valence-corrected chi connectivity index (χ2v) is 6.57. The summed E-state index contributed by atoms with van der Waals surface area (Å²) in [6.07, 6.45) is 3.60. The Hall–Kier alpha value is -3.47. The molecule has 1 aromatic carbocycles. The van der Waals surface area contributed by atoms with E-state index in [1.165, 1.54) is 5.56 Å². The maximum Gasteiger partial charge on any atom is 0.248 e. The predicted octanol–water partition coefficient (Wildman–Crippen LogP) is 4.51. The van der Waals surface area contributed by atoms with Crippen molar-refractivity contribution in [1.82, 2.24) is 9.97 Å². The molecule has 0 unspecified atom stereocenters. The van der Waals surface area contributed by atoms with Crippen LogP contribution in [-0.4, -0.2) is 15.9 Å². The van der Waals surface area contributed by atoms with Crippen molar-refractivity contribution in [3.8, 4) is 11.3 Å². The molecule has 0 saturated carbocycles. The Morgan fingerprint density at radius 2 is 1.93 bits per heavy atom. The second kappa shape index (κ2) is 7.83. The molecular formula is C22H22N4O. The van der Waals surface area contributed by atoms with E-state index in [-0.39, 0.29) is 5.57 Å². The van der Waals surface area contributed by atoms with Crippen molar-refractivity contribution in [3.63, 3.8) is 0 Å². The summed E-state index contributed by atoms with van der Waals surface area (Å²) in [4.78, 5) is 20.4. The second-order valence-electron chi connectivity index (χ2n) is 6.57. The fourth-order valence-corrected chi connectivity index (χ4v) is 2.68. The van der Waals surface area contributed by atoms with Crippen molar-refractivity contribution in [3.05, 3.63) is 78.6 Å². The number of benzene rings is 1. The minimum absolute atomic E-state index is 0.262. The largest absolute Gasteiger partial charge is 0.366 e. The highest BCUT2D eigenvalue weighted by Crippen LogP contribution is 2.31. The van der Waals surface area contributed by atoms with Gasteiger partial charge in [0.05, 0.1) is 5.69 Å². The molecular weight excluding hydrogens is 336 g/mol. The molecule has 0 fully saturated rings. The van der Waals surface area contributed by atoms with Crippen LogP contribution in [0, 0.1) is 0 Å². The predicted molar refractivity (Wildman–Crippen MR) is 110 cm³/mol. The average molecular weight is 358 g/mol. The van der Waals surface area contributed by atoms with Gasteiger partial charge in [-0.15, -0.1) is 0 Å². The van der Waals surface area contributed by atoms with Gasteiger partial charge in [-0.2, -0.15) is 0 Å². The van der Waals surface area contributed by atoms with E-state index in [0.717, 1.165) is 22.8 Å². The number of primary amides is 1. The lowest BCUT2D eigenvalue weighted by molar-refractivity contribution is -0.112. The van der Waals surface area contributed by atoms with Crippen LogP contribution in [0.25, 0.3) is 16.8 Å². The van der Waals surface area contributed by atoms with Crippen LogP contribution in [0.2, 0.25) is 0 Å². The van der Waals surface area contributed by atoms with Crippen LogP contribution in [0.3, 0.4) is 0 Å². The van der Waals surface area contributed by atoms with Crippen LogP contribution in [0.15, 0.2) is 67.5 Å². The zero-order valence-electron chi connectivity index (χ0n) is 15.4. The van der Waals surface area contributed by atoms with E-state index < -0.39 is 5.91 Å². The molecule has 136 valence electrons. The van der Waals surface area contributed by atoms with Crippen LogP contribution < -0.4 is 11.1 Å². The summed E-state index contributed by atoms with van der Waals surface area (Å²) in [6, 6.07) is 15.2. The molecule has 0 saturated heterocycles. The summed E-state index contributed by atoms with van der Waals surface area (Å²) < 4.78 is 0. The van der Waals surface area contributed by atoms with Gasteiger partial charge in [0.15, 0.2) is 0 Å². The van der Waals surface area contributed by atoms with Crippen LogP contribution in [0.4, 0.5) is 11.5 Å². The van der Waals surface area contributed by atoms with Crippen LogP contribution in [-0.2, 0) is 4.79 Å². The molecule has 5 nitrogen and oxygen atoms in total. The molecule has 3 rings (SSSR count). The number of nitrogens with zero attached hydrogens (tertiary/aromatic N) is 2. The smallest absolute Gasteiger partial charge is 0.248 e. The Balaban J connectivity index is 2.01. The number of carbonyl (C=O) groups is 1. The number of hydrogen-bond acceptors (Lipinski definition) is 4. The van der Waals surface area contributed by atoms with E-state index in [0.29, 0.717) is 11.5 Å². The molecule has 0 atom stereocenters. The molecule has 3 aromatic rings. The first-order chi connectivity index (χ1) is 13.0. The van der Waals surface area contributed by atoms with Gasteiger partial charge in [0.25, 0.3) is 0 Å². The molecule has 0 aliphatic carbocycles. The number of nitrogens with two attached hydrogens (primary N) is 1. The van der Waals surface area contributed by atoms with E-state index in [1.807, 2.05) is 48.7 Å². The monoisotopic (exact) mass is 358 g/mol. The van der Waals surface area contributed by atoms with Gasteiger partial charge in [0, 0.05) is 29.2 Å². The van der Waals surface area contributed by atoms with E-state index in [4.69, 9.17) is 5.73 Å². The van der Waals surface area contributed by atoms with Gasteiger partial charge < -0.3 is 11.1 Å². The van der Waals surface area contributed by atoms with Gasteiger partial charge in [-0.1, -0.05) is 38.6 Å². The van der Waals surface area contributed by atoms with Crippen LogP contribution >= 0.6 is 0 Å². The normalized spacial score (nSPS) is 10.6. The van der Waals surface area contributed by atoms with Gasteiger partial charge in [0.2, 0.25) is 5.91 Å². The first kappa shape index (κ1) is 18.3. The molecule has 3 N–H and O–H groups in total. The number of carbonyl (C=O) groups excluding carboxylic acids is 1. The van der Waals surface area contributed by atoms with Crippen molar-refractivity contribution in [2.75, 3.05) is 5.32 Å². The van der Waals surface area contributed by atoms with Gasteiger partial charge >= 0.3 is 0 Å². The van der Waals surface area contributed by atoms with Crippen LogP contribution in [0.1, 0.15) is 30.9 Å². The Morgan fingerprint density at radius 3 is 2.52 bits per heavy atom. The van der Waals surface area contributed by atoms with Crippen molar-refractivity contribution in [2.45, 2.75) is 19.8 Å². The molecule has 2 aromatic heterocycles. The lowest BCUT2D eigenvalue weighted by Gasteiger charge is -2.14. The number of amides is 1. The van der Waals surface area contributed by atoms with Crippen molar-refractivity contribution in [2.24, 2.45) is 5.73 Å². The SMILES string of the molecule is C=C(C(N)=O)c1ccc(Nc2ccc(C(C)C)cn2)c(-c2ccccn2)c1. The third-order valence-corrected chi connectivity index (χ3v) is 4.32. The minimum Gasteiger partial charge on any atom is -0.366 e. The summed E-state index contributed by atoms with van der Waals surface area (Å²) >= 11 is 0. The van der Waals surface area contributed by atoms with Gasteiger partial charge in [0.1, 0.15) is 5.82 Å². The lowest BCUT2D eigenvalue weighted by Crippen LogP contribution is -2.12. The maximum absolute atomic E-state index is 11.5. The Morgan fingerprint density at radius 1 is 1.11 bits per heavy atom. The fourth-order valence-electron chi connectivity index (χ4n) is 2.68. The number of aromatic nitrogens is 2. The number of pyridine rings is 2. The Bertz CT molecular complexity index is 963. The highest BCUT2D eigenvalue weighted by Gasteiger charge is 2.12. The molecule has 1 amide bonds. The van der Waals surface area contributed by atoms with E-state index in [2.05, 4.69) is 41.8 Å². The van der Waals surface area contributed by atoms with Crippen molar-refractivity contribution >= 4 is 23.0 Å². The van der Waals surface area contributed by atoms with Gasteiger partial charge in [-0.05, 0) is 47.4 Å². The summed E-state index contributed by atoms with van der Waals surface area (Å²) in [5, 5.41) is 3.34. The molecule has 0 aliphatic rings. The Kier molecular flexibility index (Phi) is 5.31. The molecule has 27 heavy (non-hydrogen) atoms. The van der Waals surface area contributed by atoms with E-state index in [9.17, 15) is 4.79 Å². The third kappa shape index (κ3) is 4.20. The van der Waals surface area contributed by atoms with E-state index >= 15 is 0 Å². The number of hydrogen-bond donors (Lipinski definition) is 2. The van der Waals surface area contributed by atoms with Crippen LogP contribution in [0.5, 0.6) is 0 Å². The summed E-state index contributed by atoms with van der Waals surface area (Å²) in [6.45, 7) is 8.04. The zero-order valence-corrected chi connectivity index (χ0v) is 15.4. The lowest BCUT2D eigenvalue weighted by atomic mass is 10.00. The first-order valence-electron chi connectivity index (χ1n) is 8.73. The highest BCUT2D eigenvalue weighted by atomic mass is 16.1. The Labute approximate surface area is 159 Å². The maximum atomic E-state index is 11.5. The first-order valence-corrected chi connectivity index (χ1v) is 8.73. The molecule has 0 radical (unpaired) electrons. The molecule has 5 heteroatoms. The minimum atomic E-state index is -0.548.